The number of likely N-dealkylation sites (N-methyl/N-ethyl adjacent to an activating group) is 2. The molecule has 6 aromatic rings. The van der Waals surface area contributed by atoms with Gasteiger partial charge in [-0.15, -0.1) is 0 Å². The van der Waals surface area contributed by atoms with Crippen molar-refractivity contribution in [1.29, 1.82) is 5.41 Å². The Kier molecular flexibility index (Phi) is 38.6. The lowest BCUT2D eigenvalue weighted by Crippen LogP contribution is -2.63. The summed E-state index contributed by atoms with van der Waals surface area (Å²) in [5.74, 6) is -18.6. The van der Waals surface area contributed by atoms with Gasteiger partial charge in [0.05, 0.1) is 37.4 Å². The number of aromatic amines is 2. The number of hydrogen-bond donors (Lipinski definition) is 22. The van der Waals surface area contributed by atoms with E-state index in [4.69, 9.17) is 28.3 Å². The number of carbonyl (C=O) groups excluding carboxylic acids is 14. The Morgan fingerprint density at radius 1 is 0.675 bits per heavy atom. The van der Waals surface area contributed by atoms with Crippen LogP contribution in [0.15, 0.2) is 97.7 Å². The number of aromatic hydroxyl groups is 1. The third-order valence-electron chi connectivity index (χ3n) is 21.8. The minimum atomic E-state index is -2.06. The molecule has 1 fully saturated rings. The minimum absolute atomic E-state index is 0.0191. The molecule has 1 saturated heterocycles. The highest BCUT2D eigenvalue weighted by molar-refractivity contribution is 8.76. The number of aliphatic carboxylic acids is 1. The minimum Gasteiger partial charge on any atom is -0.508 e. The number of amides is 14. The molecule has 3 aromatic carbocycles. The number of hydrogen-bond acceptors (Lipinski definition) is 23. The zero-order valence-electron chi connectivity index (χ0n) is 72.0. The van der Waals surface area contributed by atoms with Crippen molar-refractivity contribution in [3.8, 4) is 5.75 Å². The molecule has 686 valence electrons. The van der Waals surface area contributed by atoms with E-state index in [1.807, 2.05) is 0 Å². The predicted molar refractivity (Wildman–Crippen MR) is 471 cm³/mol. The van der Waals surface area contributed by atoms with Gasteiger partial charge in [-0.2, -0.15) is 0 Å². The molecule has 1 unspecified atom stereocenters. The van der Waals surface area contributed by atoms with E-state index >= 15 is 24.0 Å². The fourth-order valence-corrected chi connectivity index (χ4v) is 16.6. The molecule has 16 atom stereocenters. The summed E-state index contributed by atoms with van der Waals surface area (Å²) in [5, 5.41) is 74.0. The zero-order chi connectivity index (χ0) is 92.9. The number of nitrogens with zero attached hydrogens (tertiary/aromatic N) is 4. The van der Waals surface area contributed by atoms with Crippen LogP contribution in [-0.2, 0) is 105 Å². The van der Waals surface area contributed by atoms with Crippen LogP contribution in [0.25, 0.3) is 21.8 Å². The molecule has 4 heterocycles. The van der Waals surface area contributed by atoms with Gasteiger partial charge < -0.3 is 121 Å². The van der Waals surface area contributed by atoms with Gasteiger partial charge in [-0.1, -0.05) is 125 Å². The topological polar surface area (TPSA) is 645 Å². The standard InChI is InChI=1S/C83H119N23O18S2/c1-11-43(5)68(103-72(114)53(84)30-46-23-25-50(107)26-24-46)80(122)100-61-39-125-126-40-62(82(124)106(10)69(70(86)112)44(6)12-2)101-73(115)55(21-17-29-90-83(87)88)94-76(118)58(33-49-36-89-41-92-49)96-71(113)45(7)93-65(109)38-105(9)81(123)60(31-47-35-91-54-20-15-13-18-51(47)54)99-77(119)59(34-66(110)111)97-74(116)56(27-28-64(85)108)95-75(117)57(98-79(121)67(42(3)4)102-78(61)120)32-48-37-104(8)63-22-16-14-19-52(48)63/h13-16,18-20,22-26,35-37,41-45,53,55-62,67-69,79,91,98,107,121H,11-12,17,21,27-34,38-40,84H2,1-10H3,(H2,85,108)(H2,86,112)(H,89,92)(H,93,109)(H,94,118)(H,95,117)(H,96,113)(H,97,116)(H,99,119)(H,100,122)(H,101,115)(H,102,120)(H,103,114)(H,110,111)(H4,87,88,90)/t43-,44-,45-,53+,55-,56-,57-,58-,59-,60-,61-,62-,67-,68-,69-,79?/m0/s1. The number of primary amides is 2. The highest BCUT2D eigenvalue weighted by Gasteiger charge is 2.41. The lowest BCUT2D eigenvalue weighted by Gasteiger charge is -2.34. The van der Waals surface area contributed by atoms with E-state index in [1.165, 1.54) is 45.7 Å². The Hall–Kier alpha value is -12.4. The van der Waals surface area contributed by atoms with Crippen LogP contribution in [0.5, 0.6) is 5.75 Å². The van der Waals surface area contributed by atoms with E-state index in [-0.39, 0.29) is 57.2 Å². The zero-order valence-corrected chi connectivity index (χ0v) is 73.7. The van der Waals surface area contributed by atoms with E-state index in [0.717, 1.165) is 31.4 Å². The first kappa shape index (κ1) is 101. The Morgan fingerprint density at radius 3 is 1.90 bits per heavy atom. The maximum Gasteiger partial charge on any atom is 0.305 e. The van der Waals surface area contributed by atoms with Crippen molar-refractivity contribution in [1.82, 2.24) is 93.1 Å². The number of guanidine groups is 1. The van der Waals surface area contributed by atoms with Gasteiger partial charge in [-0.05, 0) is 97.7 Å². The summed E-state index contributed by atoms with van der Waals surface area (Å²) in [5.41, 5.74) is 26.8. The second-order valence-electron chi connectivity index (χ2n) is 31.9. The van der Waals surface area contributed by atoms with Crippen LogP contribution in [-0.4, -0.2) is 263 Å². The summed E-state index contributed by atoms with van der Waals surface area (Å²) in [7, 11) is 6.02. The molecule has 0 aliphatic carbocycles. The number of carboxylic acid groups (broad SMARTS) is 1. The number of imidazole rings is 1. The van der Waals surface area contributed by atoms with Gasteiger partial charge in [-0.3, -0.25) is 82.6 Å². The summed E-state index contributed by atoms with van der Waals surface area (Å²) in [6, 6.07) is -0.491. The number of phenolic OH excluding ortho intramolecular Hbond substituents is 1. The average Bonchev–Trinajstić information content (AvgIpc) is 1.65. The van der Waals surface area contributed by atoms with Gasteiger partial charge >= 0.3 is 5.97 Å². The number of aromatic nitrogens is 4. The number of rotatable bonds is 29. The SMILES string of the molecule is CC[C@H](C)[C@H](NC(=O)[C@H](N)Cc1ccc(O)cc1)C(=O)N[C@H]1CSSC[C@@H](C(=O)N(C)[C@H](C(N)=O)[C@@H](C)CC)NC(=O)[C@H](CCCNC(=N)N)NC(=O)[C@H](Cc2cnc[nH]2)NC(=O)[C@H](C)NC(=O)CN(C)C(=O)[C@H](Cc2c[nH]c3ccccc23)NC(=O)[C@H](CC(=O)O)NC(=O)[C@H](CCC(N)=O)NC(=O)[C@H](Cc2cn(C)c3ccccc23)NC(O)[C@H](C(C)C)NC1=O. The lowest BCUT2D eigenvalue weighted by molar-refractivity contribution is -0.142. The summed E-state index contributed by atoms with van der Waals surface area (Å²) in [6.45, 7) is 10.5. The number of H-pyrrole nitrogens is 2. The third kappa shape index (κ3) is 29.7. The lowest BCUT2D eigenvalue weighted by atomic mass is 9.96. The van der Waals surface area contributed by atoms with E-state index in [0.29, 0.717) is 50.6 Å². The number of aryl methyl sites for hydroxylation is 1. The Bertz CT molecular complexity index is 4820. The molecule has 0 radical (unpaired) electrons. The fraction of sp³-hybridized carbons (Fsp3) is 0.506. The second-order valence-corrected chi connectivity index (χ2v) is 34.4. The largest absolute Gasteiger partial charge is 0.508 e. The average molecular weight is 1790 g/mol. The number of benzene rings is 3. The van der Waals surface area contributed by atoms with E-state index < -0.39 is 234 Å². The number of aliphatic hydroxyl groups excluding tert-OH is 1. The molecule has 43 heteroatoms. The first-order valence-electron chi connectivity index (χ1n) is 41.4. The van der Waals surface area contributed by atoms with Crippen LogP contribution < -0.4 is 86.7 Å². The van der Waals surface area contributed by atoms with E-state index in [2.05, 4.69) is 78.8 Å². The number of aliphatic hydroxyl groups is 1. The van der Waals surface area contributed by atoms with Gasteiger partial charge in [0.15, 0.2) is 5.96 Å². The number of carboxylic acids is 1. The molecular weight excluding hydrogens is 1670 g/mol. The fourth-order valence-electron chi connectivity index (χ4n) is 14.3. The summed E-state index contributed by atoms with van der Waals surface area (Å²) < 4.78 is 1.77. The molecule has 1 aliphatic rings. The normalized spacial score (nSPS) is 22.5. The van der Waals surface area contributed by atoms with Crippen molar-refractivity contribution in [3.63, 3.8) is 0 Å². The maximum absolute atomic E-state index is 15.5. The van der Waals surface area contributed by atoms with E-state index in [9.17, 15) is 63.3 Å². The van der Waals surface area contributed by atoms with Crippen molar-refractivity contribution >= 4 is 138 Å². The van der Waals surface area contributed by atoms with E-state index in [1.54, 1.807) is 126 Å². The second kappa shape index (κ2) is 48.2. The molecule has 0 bridgehead atoms. The smallest absolute Gasteiger partial charge is 0.305 e. The van der Waals surface area contributed by atoms with Crippen LogP contribution in [0.1, 0.15) is 116 Å². The first-order valence-corrected chi connectivity index (χ1v) is 43.9. The molecule has 26 N–H and O–H groups in total. The quantitative estimate of drug-likeness (QED) is 0.0102. The number of para-hydroxylation sites is 2. The highest BCUT2D eigenvalue weighted by Crippen LogP contribution is 2.28. The Morgan fingerprint density at radius 2 is 1.27 bits per heavy atom. The number of phenols is 1. The Balaban J connectivity index is 1.36. The molecule has 0 spiro atoms. The monoisotopic (exact) mass is 1790 g/mol. The molecule has 41 nitrogen and oxygen atoms in total. The van der Waals surface area contributed by atoms with Crippen LogP contribution >= 0.6 is 21.6 Å². The number of fused-ring (bicyclic) bond motifs is 2. The van der Waals surface area contributed by atoms with Gasteiger partial charge in [-0.25, -0.2) is 4.98 Å². The van der Waals surface area contributed by atoms with Crippen molar-refractivity contribution in [2.45, 2.75) is 204 Å². The van der Waals surface area contributed by atoms with Crippen molar-refractivity contribution < 1.29 is 87.2 Å². The maximum atomic E-state index is 15.5. The number of carbonyl (C=O) groups is 15. The van der Waals surface area contributed by atoms with Crippen LogP contribution in [0.4, 0.5) is 0 Å². The van der Waals surface area contributed by atoms with Gasteiger partial charge in [0.25, 0.3) is 0 Å². The van der Waals surface area contributed by atoms with Crippen LogP contribution in [0, 0.1) is 23.2 Å². The van der Waals surface area contributed by atoms with Crippen molar-refractivity contribution in [2.24, 2.45) is 47.7 Å². The summed E-state index contributed by atoms with van der Waals surface area (Å²) in [4.78, 5) is 229. The molecule has 7 rings (SSSR count). The molecular formula is C83H119N23O18S2. The molecule has 14 amide bonds. The Labute approximate surface area is 736 Å². The number of nitrogens with one attached hydrogen (secondary N) is 15. The summed E-state index contributed by atoms with van der Waals surface area (Å²) in [6.07, 6.45) is 1.10. The van der Waals surface area contributed by atoms with Crippen LogP contribution in [0.2, 0.25) is 0 Å². The van der Waals surface area contributed by atoms with Gasteiger partial charge in [0.2, 0.25) is 82.7 Å². The summed E-state index contributed by atoms with van der Waals surface area (Å²) >= 11 is 0. The molecule has 3 aromatic heterocycles. The molecule has 126 heavy (non-hydrogen) atoms. The first-order chi connectivity index (χ1) is 59.7. The van der Waals surface area contributed by atoms with Crippen molar-refractivity contribution in [3.05, 3.63) is 120 Å². The third-order valence-corrected chi connectivity index (χ3v) is 24.2. The van der Waals surface area contributed by atoms with Gasteiger partial charge in [0, 0.05) is 105 Å². The van der Waals surface area contributed by atoms with Gasteiger partial charge in [0.1, 0.15) is 72.4 Å². The predicted octanol–water partition coefficient (Wildman–Crippen LogP) is -2.25. The highest BCUT2D eigenvalue weighted by atomic mass is 33.1. The van der Waals surface area contributed by atoms with Crippen molar-refractivity contribution in [2.75, 3.05) is 38.7 Å². The van der Waals surface area contributed by atoms with Crippen LogP contribution in [0.3, 0.4) is 0 Å². The number of nitrogens with two attached hydrogens (primary N) is 4. The molecule has 0 saturated carbocycles. The molecule has 1 aliphatic heterocycles.